The topological polar surface area (TPSA) is 78.0 Å². The van der Waals surface area contributed by atoms with E-state index >= 15 is 0 Å². The van der Waals surface area contributed by atoms with Crippen molar-refractivity contribution in [3.63, 3.8) is 0 Å². The molecule has 1 N–H and O–H groups in total. The molecule has 38 heavy (non-hydrogen) atoms. The first-order valence-corrected chi connectivity index (χ1v) is 13.5. The predicted molar refractivity (Wildman–Crippen MR) is 150 cm³/mol. The number of fused-ring (bicyclic) bond motifs is 3. The molecule has 0 radical (unpaired) electrons. The molecule has 3 aromatic heterocycles. The van der Waals surface area contributed by atoms with Crippen LogP contribution in [0, 0.1) is 12.8 Å². The Morgan fingerprint density at radius 1 is 1.08 bits per heavy atom. The van der Waals surface area contributed by atoms with E-state index in [1.165, 1.54) is 0 Å². The van der Waals surface area contributed by atoms with Crippen molar-refractivity contribution in [3.05, 3.63) is 76.6 Å². The quantitative estimate of drug-likeness (QED) is 0.294. The van der Waals surface area contributed by atoms with Gasteiger partial charge < -0.3 is 14.4 Å². The molecule has 1 saturated heterocycles. The van der Waals surface area contributed by atoms with Crippen molar-refractivity contribution in [3.8, 4) is 11.3 Å². The summed E-state index contributed by atoms with van der Waals surface area (Å²) < 4.78 is 9.95. The minimum absolute atomic E-state index is 0.0348. The number of aromatic nitrogens is 5. The number of benzene rings is 2. The van der Waals surface area contributed by atoms with E-state index in [0.717, 1.165) is 81.1 Å². The Bertz CT molecular complexity index is 1620. The van der Waals surface area contributed by atoms with Crippen molar-refractivity contribution in [1.82, 2.24) is 24.5 Å². The van der Waals surface area contributed by atoms with Crippen LogP contribution in [-0.4, -0.2) is 42.9 Å². The highest BCUT2D eigenvalue weighted by atomic mass is 35.5. The van der Waals surface area contributed by atoms with E-state index in [0.29, 0.717) is 5.92 Å². The minimum atomic E-state index is -0.982. The standard InChI is InChI=1S/C30H32ClN5O2/c1-18-28(35(4)34-33-18)20-15-26-27(32-17-20)23-10-9-21(30(2,3)37)16-25(23)36(26)29(19-11-13-38-14-12-19)22-7-5-6-8-24(22)31/h5-10,15-17,19,29,37H,11-14H2,1-4H3. The molecule has 4 heterocycles. The summed E-state index contributed by atoms with van der Waals surface area (Å²) >= 11 is 6.90. The van der Waals surface area contributed by atoms with Crippen molar-refractivity contribution in [1.29, 1.82) is 0 Å². The van der Waals surface area contributed by atoms with Crippen LogP contribution in [0.2, 0.25) is 5.02 Å². The number of ether oxygens (including phenoxy) is 1. The molecule has 0 spiro atoms. The van der Waals surface area contributed by atoms with Gasteiger partial charge in [0.15, 0.2) is 0 Å². The third-order valence-electron chi connectivity index (χ3n) is 7.83. The molecule has 1 aliphatic heterocycles. The maximum Gasteiger partial charge on any atom is 0.0960 e. The van der Waals surface area contributed by atoms with Gasteiger partial charge in [-0.05, 0) is 68.9 Å². The Balaban J connectivity index is 1.71. The summed E-state index contributed by atoms with van der Waals surface area (Å²) in [5, 5.41) is 21.2. The van der Waals surface area contributed by atoms with E-state index in [2.05, 4.69) is 45.2 Å². The van der Waals surface area contributed by atoms with Crippen LogP contribution in [0.1, 0.15) is 49.6 Å². The maximum atomic E-state index is 10.9. The first-order valence-electron chi connectivity index (χ1n) is 13.1. The molecule has 1 unspecified atom stereocenters. The molecule has 2 aromatic carbocycles. The fourth-order valence-corrected chi connectivity index (χ4v) is 6.17. The third kappa shape index (κ3) is 4.19. The maximum absolute atomic E-state index is 10.9. The molecule has 1 atom stereocenters. The van der Waals surface area contributed by atoms with Gasteiger partial charge in [-0.2, -0.15) is 0 Å². The van der Waals surface area contributed by atoms with Crippen molar-refractivity contribution in [2.75, 3.05) is 13.2 Å². The lowest BCUT2D eigenvalue weighted by molar-refractivity contribution is 0.0552. The van der Waals surface area contributed by atoms with Gasteiger partial charge in [-0.1, -0.05) is 47.1 Å². The lowest BCUT2D eigenvalue weighted by Crippen LogP contribution is -2.27. The zero-order valence-corrected chi connectivity index (χ0v) is 22.9. The van der Waals surface area contributed by atoms with Gasteiger partial charge in [-0.25, -0.2) is 4.68 Å². The van der Waals surface area contributed by atoms with Crippen molar-refractivity contribution in [2.24, 2.45) is 13.0 Å². The normalized spacial score (nSPS) is 15.9. The summed E-state index contributed by atoms with van der Waals surface area (Å²) in [6.45, 7) is 7.05. The van der Waals surface area contributed by atoms with Crippen LogP contribution in [-0.2, 0) is 17.4 Å². The summed E-state index contributed by atoms with van der Waals surface area (Å²) in [6, 6.07) is 16.5. The lowest BCUT2D eigenvalue weighted by atomic mass is 9.86. The van der Waals surface area contributed by atoms with E-state index in [9.17, 15) is 5.11 Å². The molecule has 0 bridgehead atoms. The van der Waals surface area contributed by atoms with Gasteiger partial charge >= 0.3 is 0 Å². The van der Waals surface area contributed by atoms with E-state index in [1.54, 1.807) is 4.68 Å². The fraction of sp³-hybridized carbons (Fsp3) is 0.367. The van der Waals surface area contributed by atoms with Gasteiger partial charge in [0.25, 0.3) is 0 Å². The second-order valence-electron chi connectivity index (χ2n) is 10.8. The number of nitrogens with zero attached hydrogens (tertiary/aromatic N) is 5. The van der Waals surface area contributed by atoms with Gasteiger partial charge in [-0.3, -0.25) is 4.98 Å². The number of aryl methyl sites for hydroxylation is 2. The van der Waals surface area contributed by atoms with Crippen LogP contribution in [0.3, 0.4) is 0 Å². The van der Waals surface area contributed by atoms with Gasteiger partial charge in [0.1, 0.15) is 0 Å². The molecule has 0 amide bonds. The van der Waals surface area contributed by atoms with Crippen LogP contribution < -0.4 is 0 Å². The zero-order chi connectivity index (χ0) is 26.6. The Hall–Kier alpha value is -3.26. The van der Waals surface area contributed by atoms with Crippen LogP contribution in [0.25, 0.3) is 33.2 Å². The molecule has 7 nitrogen and oxygen atoms in total. The van der Waals surface area contributed by atoms with E-state index in [1.807, 2.05) is 52.2 Å². The fourth-order valence-electron chi connectivity index (χ4n) is 5.92. The Morgan fingerprint density at radius 2 is 1.84 bits per heavy atom. The molecule has 5 aromatic rings. The lowest BCUT2D eigenvalue weighted by Gasteiger charge is -2.33. The van der Waals surface area contributed by atoms with Crippen LogP contribution in [0.15, 0.2) is 54.7 Å². The Labute approximate surface area is 227 Å². The molecular formula is C30H32ClN5O2. The minimum Gasteiger partial charge on any atom is -0.386 e. The average molecular weight is 530 g/mol. The van der Waals surface area contributed by atoms with Gasteiger partial charge in [0.2, 0.25) is 0 Å². The number of rotatable bonds is 5. The Kier molecular flexibility index (Phi) is 6.25. The molecule has 1 fully saturated rings. The highest BCUT2D eigenvalue weighted by molar-refractivity contribution is 6.31. The second-order valence-corrected chi connectivity index (χ2v) is 11.2. The second kappa shape index (κ2) is 9.49. The van der Waals surface area contributed by atoms with E-state index in [4.69, 9.17) is 21.3 Å². The van der Waals surface area contributed by atoms with Crippen molar-refractivity contribution in [2.45, 2.75) is 45.3 Å². The molecule has 0 aliphatic carbocycles. The smallest absolute Gasteiger partial charge is 0.0960 e. The largest absolute Gasteiger partial charge is 0.386 e. The van der Waals surface area contributed by atoms with Crippen LogP contribution in [0.5, 0.6) is 0 Å². The highest BCUT2D eigenvalue weighted by Gasteiger charge is 2.32. The van der Waals surface area contributed by atoms with Gasteiger partial charge in [-0.15, -0.1) is 5.10 Å². The summed E-state index contributed by atoms with van der Waals surface area (Å²) in [5.41, 5.74) is 6.67. The van der Waals surface area contributed by atoms with Crippen molar-refractivity contribution >= 4 is 33.5 Å². The number of aliphatic hydroxyl groups is 1. The summed E-state index contributed by atoms with van der Waals surface area (Å²) in [7, 11) is 1.90. The van der Waals surface area contributed by atoms with E-state index < -0.39 is 5.60 Å². The number of pyridine rings is 1. The Morgan fingerprint density at radius 3 is 2.53 bits per heavy atom. The van der Waals surface area contributed by atoms with Gasteiger partial charge in [0.05, 0.1) is 39.6 Å². The zero-order valence-electron chi connectivity index (χ0n) is 22.1. The number of hydrogen-bond acceptors (Lipinski definition) is 5. The SMILES string of the molecule is Cc1nnn(C)c1-c1cnc2c3ccc(C(C)(C)O)cc3n(C(c3ccccc3Cl)C3CCOCC3)c2c1. The van der Waals surface area contributed by atoms with Crippen LogP contribution in [0.4, 0.5) is 0 Å². The summed E-state index contributed by atoms with van der Waals surface area (Å²) in [4.78, 5) is 4.99. The molecule has 6 rings (SSSR count). The number of halogens is 1. The van der Waals surface area contributed by atoms with E-state index in [-0.39, 0.29) is 6.04 Å². The summed E-state index contributed by atoms with van der Waals surface area (Å²) in [6.07, 6.45) is 3.76. The molecule has 8 heteroatoms. The number of hydrogen-bond donors (Lipinski definition) is 1. The highest BCUT2D eigenvalue weighted by Crippen LogP contribution is 2.43. The monoisotopic (exact) mass is 529 g/mol. The average Bonchev–Trinajstić information content (AvgIpc) is 3.41. The first kappa shape index (κ1) is 25.0. The molecule has 1 aliphatic rings. The van der Waals surface area contributed by atoms with Crippen LogP contribution >= 0.6 is 11.6 Å². The predicted octanol–water partition coefficient (Wildman–Crippen LogP) is 6.19. The third-order valence-corrected chi connectivity index (χ3v) is 8.17. The molecule has 0 saturated carbocycles. The first-order chi connectivity index (χ1) is 18.2. The van der Waals surface area contributed by atoms with Gasteiger partial charge in [0, 0.05) is 42.4 Å². The molecule has 196 valence electrons. The summed E-state index contributed by atoms with van der Waals surface area (Å²) in [5.74, 6) is 0.317. The molecular weight excluding hydrogens is 498 g/mol. The van der Waals surface area contributed by atoms with Crippen molar-refractivity contribution < 1.29 is 9.84 Å².